The topological polar surface area (TPSA) is 29.1 Å². The fraction of sp³-hybridized carbons (Fsp3) is 0.269. The predicted molar refractivity (Wildman–Crippen MR) is 117 cm³/mol. The maximum atomic E-state index is 12.6. The van der Waals surface area contributed by atoms with Crippen LogP contribution in [0.2, 0.25) is 0 Å². The fourth-order valence-corrected chi connectivity index (χ4v) is 4.04. The highest BCUT2D eigenvalue weighted by Gasteiger charge is 2.16. The summed E-state index contributed by atoms with van der Waals surface area (Å²) in [5.41, 5.74) is 6.48. The third-order valence-electron chi connectivity index (χ3n) is 5.78. The Balaban J connectivity index is 1.41. The van der Waals surface area contributed by atoms with Crippen LogP contribution in [0, 0.1) is 6.92 Å². The van der Waals surface area contributed by atoms with Crippen molar-refractivity contribution in [3.05, 3.63) is 89.5 Å². The Morgan fingerprint density at radius 3 is 1.93 bits per heavy atom. The molecule has 142 valence electrons. The molecule has 3 aromatic rings. The number of carbonyl (C=O) groups is 1. The molecule has 0 heterocycles. The molecular formula is C26H27NO. The number of aryl methyl sites for hydroxylation is 1. The van der Waals surface area contributed by atoms with Crippen LogP contribution in [0.4, 0.5) is 5.69 Å². The Bertz CT molecular complexity index is 918. The highest BCUT2D eigenvalue weighted by molar-refractivity contribution is 6.04. The van der Waals surface area contributed by atoms with Crippen LogP contribution < -0.4 is 5.32 Å². The quantitative estimate of drug-likeness (QED) is 0.529. The molecule has 2 nitrogen and oxygen atoms in total. The molecule has 1 fully saturated rings. The van der Waals surface area contributed by atoms with E-state index in [0.29, 0.717) is 11.5 Å². The van der Waals surface area contributed by atoms with Gasteiger partial charge in [0.1, 0.15) is 0 Å². The van der Waals surface area contributed by atoms with Crippen LogP contribution in [0.5, 0.6) is 0 Å². The molecule has 1 saturated carbocycles. The minimum atomic E-state index is -0.0571. The molecule has 0 atom stereocenters. The van der Waals surface area contributed by atoms with Crippen LogP contribution in [0.15, 0.2) is 72.8 Å². The lowest BCUT2D eigenvalue weighted by Gasteiger charge is -2.22. The van der Waals surface area contributed by atoms with E-state index < -0.39 is 0 Å². The summed E-state index contributed by atoms with van der Waals surface area (Å²) in [4.78, 5) is 12.6. The van der Waals surface area contributed by atoms with Gasteiger partial charge in [-0.05, 0) is 66.6 Å². The van der Waals surface area contributed by atoms with E-state index in [9.17, 15) is 4.79 Å². The van der Waals surface area contributed by atoms with Gasteiger partial charge in [0.2, 0.25) is 0 Å². The summed E-state index contributed by atoms with van der Waals surface area (Å²) >= 11 is 0. The maximum Gasteiger partial charge on any atom is 0.255 e. The van der Waals surface area contributed by atoms with E-state index >= 15 is 0 Å². The molecule has 0 spiro atoms. The van der Waals surface area contributed by atoms with Gasteiger partial charge in [0, 0.05) is 11.3 Å². The summed E-state index contributed by atoms with van der Waals surface area (Å²) in [5, 5.41) is 3.01. The van der Waals surface area contributed by atoms with Crippen molar-refractivity contribution in [1.29, 1.82) is 0 Å². The van der Waals surface area contributed by atoms with Crippen molar-refractivity contribution >= 4 is 11.6 Å². The fourth-order valence-electron chi connectivity index (χ4n) is 4.04. The minimum Gasteiger partial charge on any atom is -0.322 e. The number of hydrogen-bond acceptors (Lipinski definition) is 1. The SMILES string of the molecule is Cc1ccc(-c2ccc(NC(=O)c3ccc(C4CCCCC4)cc3)cc2)cc1. The number of carbonyl (C=O) groups excluding carboxylic acids is 1. The lowest BCUT2D eigenvalue weighted by atomic mass is 9.84. The number of amides is 1. The molecule has 1 aliphatic rings. The molecular weight excluding hydrogens is 342 g/mol. The van der Waals surface area contributed by atoms with Crippen LogP contribution in [-0.2, 0) is 0 Å². The van der Waals surface area contributed by atoms with Gasteiger partial charge in [-0.25, -0.2) is 0 Å². The van der Waals surface area contributed by atoms with Crippen LogP contribution in [0.25, 0.3) is 11.1 Å². The summed E-state index contributed by atoms with van der Waals surface area (Å²) in [6.45, 7) is 2.09. The van der Waals surface area contributed by atoms with E-state index in [-0.39, 0.29) is 5.91 Å². The molecule has 1 amide bonds. The standard InChI is InChI=1S/C26H27NO/c1-19-7-9-21(10-8-19)23-15-17-25(18-16-23)27-26(28)24-13-11-22(12-14-24)20-5-3-2-4-6-20/h7-18,20H,2-6H2,1H3,(H,27,28). The second-order valence-electron chi connectivity index (χ2n) is 7.85. The number of nitrogens with one attached hydrogen (secondary N) is 1. The Hall–Kier alpha value is -2.87. The van der Waals surface area contributed by atoms with Gasteiger partial charge in [-0.15, -0.1) is 0 Å². The van der Waals surface area contributed by atoms with Crippen molar-refractivity contribution in [2.45, 2.75) is 44.9 Å². The average Bonchev–Trinajstić information content (AvgIpc) is 2.76. The van der Waals surface area contributed by atoms with E-state index in [2.05, 4.69) is 48.6 Å². The van der Waals surface area contributed by atoms with Crippen LogP contribution in [0.3, 0.4) is 0 Å². The Kier molecular flexibility index (Phi) is 5.57. The minimum absolute atomic E-state index is 0.0571. The highest BCUT2D eigenvalue weighted by Crippen LogP contribution is 2.32. The maximum absolute atomic E-state index is 12.6. The van der Waals surface area contributed by atoms with Crippen LogP contribution >= 0.6 is 0 Å². The Morgan fingerprint density at radius 1 is 0.750 bits per heavy atom. The molecule has 0 aromatic heterocycles. The van der Waals surface area contributed by atoms with Crippen LogP contribution in [0.1, 0.15) is 59.5 Å². The van der Waals surface area contributed by atoms with Crippen molar-refractivity contribution in [3.8, 4) is 11.1 Å². The molecule has 0 aliphatic heterocycles. The molecule has 2 heteroatoms. The smallest absolute Gasteiger partial charge is 0.255 e. The van der Waals surface area contributed by atoms with E-state index in [1.54, 1.807) is 0 Å². The van der Waals surface area contributed by atoms with Crippen molar-refractivity contribution in [2.24, 2.45) is 0 Å². The lowest BCUT2D eigenvalue weighted by Crippen LogP contribution is -2.12. The van der Waals surface area contributed by atoms with Gasteiger partial charge in [0.25, 0.3) is 5.91 Å². The van der Waals surface area contributed by atoms with Gasteiger partial charge >= 0.3 is 0 Å². The van der Waals surface area contributed by atoms with Gasteiger partial charge in [-0.2, -0.15) is 0 Å². The number of rotatable bonds is 4. The van der Waals surface area contributed by atoms with Crippen molar-refractivity contribution < 1.29 is 4.79 Å². The second-order valence-corrected chi connectivity index (χ2v) is 7.85. The zero-order chi connectivity index (χ0) is 19.3. The molecule has 4 rings (SSSR count). The highest BCUT2D eigenvalue weighted by atomic mass is 16.1. The average molecular weight is 370 g/mol. The Labute approximate surface area is 167 Å². The lowest BCUT2D eigenvalue weighted by molar-refractivity contribution is 0.102. The number of anilines is 1. The molecule has 1 N–H and O–H groups in total. The third kappa shape index (κ3) is 4.33. The largest absolute Gasteiger partial charge is 0.322 e. The number of hydrogen-bond donors (Lipinski definition) is 1. The molecule has 28 heavy (non-hydrogen) atoms. The molecule has 3 aromatic carbocycles. The molecule has 1 aliphatic carbocycles. The Morgan fingerprint density at radius 2 is 1.32 bits per heavy atom. The summed E-state index contributed by atoms with van der Waals surface area (Å²) in [6, 6.07) is 24.7. The first-order valence-electron chi connectivity index (χ1n) is 10.3. The zero-order valence-electron chi connectivity index (χ0n) is 16.4. The monoisotopic (exact) mass is 369 g/mol. The second kappa shape index (κ2) is 8.43. The predicted octanol–water partition coefficient (Wildman–Crippen LogP) is 6.96. The molecule has 0 radical (unpaired) electrons. The van der Waals surface area contributed by atoms with E-state index in [1.807, 2.05) is 36.4 Å². The molecule has 0 unspecified atom stereocenters. The third-order valence-corrected chi connectivity index (χ3v) is 5.78. The summed E-state index contributed by atoms with van der Waals surface area (Å²) in [7, 11) is 0. The van der Waals surface area contributed by atoms with E-state index in [1.165, 1.54) is 48.8 Å². The van der Waals surface area contributed by atoms with E-state index in [4.69, 9.17) is 0 Å². The van der Waals surface area contributed by atoms with Gasteiger partial charge < -0.3 is 5.32 Å². The molecule has 0 bridgehead atoms. The van der Waals surface area contributed by atoms with Crippen molar-refractivity contribution in [2.75, 3.05) is 5.32 Å². The van der Waals surface area contributed by atoms with Crippen molar-refractivity contribution in [3.63, 3.8) is 0 Å². The van der Waals surface area contributed by atoms with E-state index in [0.717, 1.165) is 11.3 Å². The van der Waals surface area contributed by atoms with Gasteiger partial charge in [0.05, 0.1) is 0 Å². The van der Waals surface area contributed by atoms with Gasteiger partial charge in [0.15, 0.2) is 0 Å². The first kappa shape index (κ1) is 18.5. The molecule has 0 saturated heterocycles. The summed E-state index contributed by atoms with van der Waals surface area (Å²) in [5.74, 6) is 0.610. The summed E-state index contributed by atoms with van der Waals surface area (Å²) in [6.07, 6.45) is 6.56. The first-order valence-corrected chi connectivity index (χ1v) is 10.3. The first-order chi connectivity index (χ1) is 13.7. The van der Waals surface area contributed by atoms with Crippen molar-refractivity contribution in [1.82, 2.24) is 0 Å². The van der Waals surface area contributed by atoms with Crippen LogP contribution in [-0.4, -0.2) is 5.91 Å². The summed E-state index contributed by atoms with van der Waals surface area (Å²) < 4.78 is 0. The normalized spacial score (nSPS) is 14.6. The number of benzene rings is 3. The van der Waals surface area contributed by atoms with Gasteiger partial charge in [-0.3, -0.25) is 4.79 Å². The zero-order valence-corrected chi connectivity index (χ0v) is 16.4. The van der Waals surface area contributed by atoms with Gasteiger partial charge in [-0.1, -0.05) is 73.4 Å².